The van der Waals surface area contributed by atoms with Crippen molar-refractivity contribution < 1.29 is 22.5 Å². The second-order valence-corrected chi connectivity index (χ2v) is 6.74. The molecule has 0 unspecified atom stereocenters. The number of amides is 1. The Morgan fingerprint density at radius 1 is 1.14 bits per heavy atom. The largest absolute Gasteiger partial charge is 0.471 e. The number of carbonyl (C=O) groups is 1. The Morgan fingerprint density at radius 3 is 2.50 bits per heavy atom. The van der Waals surface area contributed by atoms with Crippen molar-refractivity contribution in [2.45, 2.75) is 38.5 Å². The van der Waals surface area contributed by atoms with Gasteiger partial charge in [0.25, 0.3) is 5.91 Å². The third-order valence-corrected chi connectivity index (χ3v) is 4.71. The summed E-state index contributed by atoms with van der Waals surface area (Å²) in [5.74, 6) is -1.10. The van der Waals surface area contributed by atoms with Crippen LogP contribution in [-0.2, 0) is 6.18 Å². The van der Waals surface area contributed by atoms with Crippen LogP contribution in [0.2, 0.25) is 0 Å². The number of halogens is 3. The number of hydrogen-bond acceptors (Lipinski definition) is 5. The van der Waals surface area contributed by atoms with E-state index in [1.807, 2.05) is 18.5 Å². The first kappa shape index (κ1) is 18.2. The number of anilines is 1. The number of nitrogens with zero attached hydrogens (tertiary/aromatic N) is 5. The highest BCUT2D eigenvalue weighted by Gasteiger charge is 2.38. The number of fused-ring (bicyclic) bond motifs is 1. The van der Waals surface area contributed by atoms with Crippen molar-refractivity contribution >= 4 is 11.7 Å². The Bertz CT molecular complexity index is 1010. The Kier molecular flexibility index (Phi) is 4.20. The van der Waals surface area contributed by atoms with Gasteiger partial charge in [0, 0.05) is 23.2 Å². The van der Waals surface area contributed by atoms with Crippen molar-refractivity contribution in [2.24, 2.45) is 0 Å². The van der Waals surface area contributed by atoms with Gasteiger partial charge in [0.1, 0.15) is 5.82 Å². The van der Waals surface area contributed by atoms with E-state index in [0.717, 1.165) is 6.42 Å². The van der Waals surface area contributed by atoms with E-state index in [-0.39, 0.29) is 23.8 Å². The lowest BCUT2D eigenvalue weighted by Crippen LogP contribution is -2.44. The molecule has 1 aliphatic heterocycles. The van der Waals surface area contributed by atoms with Crippen LogP contribution in [0, 0.1) is 0 Å². The maximum Gasteiger partial charge on any atom is 0.471 e. The summed E-state index contributed by atoms with van der Waals surface area (Å²) in [4.78, 5) is 18.1. The van der Waals surface area contributed by atoms with E-state index in [9.17, 15) is 18.0 Å². The smallest absolute Gasteiger partial charge is 0.329 e. The van der Waals surface area contributed by atoms with E-state index < -0.39 is 12.1 Å². The lowest BCUT2D eigenvalue weighted by molar-refractivity contribution is -0.159. The third-order valence-electron chi connectivity index (χ3n) is 4.71. The predicted molar refractivity (Wildman–Crippen MR) is 92.6 cm³/mol. The van der Waals surface area contributed by atoms with E-state index >= 15 is 0 Å². The fourth-order valence-corrected chi connectivity index (χ4v) is 3.42. The van der Waals surface area contributed by atoms with E-state index in [1.165, 1.54) is 24.3 Å². The molecule has 3 aromatic rings. The zero-order chi connectivity index (χ0) is 20.1. The molecule has 0 N–H and O–H groups in total. The molecular formula is C18H16F3N5O2. The summed E-state index contributed by atoms with van der Waals surface area (Å²) in [6.45, 7) is 4.01. The normalized spacial score (nSPS) is 19.5. The van der Waals surface area contributed by atoms with E-state index in [0.29, 0.717) is 16.9 Å². The van der Waals surface area contributed by atoms with Crippen molar-refractivity contribution in [3.8, 4) is 11.4 Å². The number of benzene rings is 1. The molecule has 1 aromatic carbocycles. The van der Waals surface area contributed by atoms with Gasteiger partial charge < -0.3 is 4.52 Å². The summed E-state index contributed by atoms with van der Waals surface area (Å²) >= 11 is 0. The van der Waals surface area contributed by atoms with Gasteiger partial charge in [-0.3, -0.25) is 9.69 Å². The zero-order valence-corrected chi connectivity index (χ0v) is 15.0. The minimum Gasteiger partial charge on any atom is -0.329 e. The first-order valence-corrected chi connectivity index (χ1v) is 8.64. The Labute approximate surface area is 157 Å². The van der Waals surface area contributed by atoms with Crippen LogP contribution < -0.4 is 4.90 Å². The quantitative estimate of drug-likeness (QED) is 0.661. The van der Waals surface area contributed by atoms with Crippen LogP contribution in [0.15, 0.2) is 41.1 Å². The molecule has 10 heteroatoms. The van der Waals surface area contributed by atoms with Gasteiger partial charge >= 0.3 is 12.1 Å². The second kappa shape index (κ2) is 6.47. The maximum absolute atomic E-state index is 13.0. The van der Waals surface area contributed by atoms with Gasteiger partial charge in [0.15, 0.2) is 0 Å². The SMILES string of the molecule is C[C@@H]1C[C@@H](C)n2nccc2N1C(=O)c1ccc(-c2noc(C(F)(F)F)n2)cc1. The standard InChI is InChI=1S/C18H16F3N5O2/c1-10-9-11(2)26-14(7-8-22-26)25(10)16(27)13-5-3-12(4-6-13)15-23-17(28-24-15)18(19,20)21/h3-8,10-11H,9H2,1-2H3/t10-,11-/m1/s1. The molecule has 28 heavy (non-hydrogen) atoms. The van der Waals surface area contributed by atoms with Crippen LogP contribution in [0.3, 0.4) is 0 Å². The Hall–Kier alpha value is -3.17. The van der Waals surface area contributed by atoms with Gasteiger partial charge in [0.05, 0.1) is 12.2 Å². The molecule has 7 nitrogen and oxygen atoms in total. The van der Waals surface area contributed by atoms with E-state index in [2.05, 4.69) is 19.8 Å². The molecule has 1 aliphatic rings. The predicted octanol–water partition coefficient (Wildman–Crippen LogP) is 3.95. The zero-order valence-electron chi connectivity index (χ0n) is 15.0. The van der Waals surface area contributed by atoms with Crippen molar-refractivity contribution in [3.63, 3.8) is 0 Å². The second-order valence-electron chi connectivity index (χ2n) is 6.74. The van der Waals surface area contributed by atoms with Gasteiger partial charge in [-0.2, -0.15) is 23.3 Å². The molecule has 1 amide bonds. The third kappa shape index (κ3) is 3.04. The van der Waals surface area contributed by atoms with Crippen LogP contribution in [0.5, 0.6) is 0 Å². The molecule has 146 valence electrons. The van der Waals surface area contributed by atoms with E-state index in [1.54, 1.807) is 17.2 Å². The maximum atomic E-state index is 13.0. The van der Waals surface area contributed by atoms with Gasteiger partial charge in [-0.15, -0.1) is 0 Å². The molecule has 0 saturated carbocycles. The molecule has 0 spiro atoms. The fraction of sp³-hybridized carbons (Fsp3) is 0.333. The molecule has 4 rings (SSSR count). The molecule has 0 aliphatic carbocycles. The van der Waals surface area contributed by atoms with Gasteiger partial charge in [0.2, 0.25) is 5.82 Å². The fourth-order valence-electron chi connectivity index (χ4n) is 3.42. The van der Waals surface area contributed by atoms with Crippen molar-refractivity contribution in [3.05, 3.63) is 48.0 Å². The molecule has 0 saturated heterocycles. The first-order valence-electron chi connectivity index (χ1n) is 8.64. The number of hydrogen-bond donors (Lipinski definition) is 0. The van der Waals surface area contributed by atoms with Crippen molar-refractivity contribution in [2.75, 3.05) is 4.90 Å². The molecule has 0 fully saturated rings. The molecule has 0 bridgehead atoms. The molecule has 2 atom stereocenters. The molecule has 0 radical (unpaired) electrons. The van der Waals surface area contributed by atoms with Crippen LogP contribution >= 0.6 is 0 Å². The van der Waals surface area contributed by atoms with Crippen LogP contribution in [-0.4, -0.2) is 31.9 Å². The summed E-state index contributed by atoms with van der Waals surface area (Å²) in [6, 6.07) is 8.01. The molecule has 3 heterocycles. The summed E-state index contributed by atoms with van der Waals surface area (Å²) < 4.78 is 43.8. The Balaban J connectivity index is 1.60. The van der Waals surface area contributed by atoms with Gasteiger partial charge in [-0.1, -0.05) is 17.3 Å². The number of aromatic nitrogens is 4. The summed E-state index contributed by atoms with van der Waals surface area (Å²) in [6.07, 6.45) is -2.28. The van der Waals surface area contributed by atoms with Gasteiger partial charge in [-0.25, -0.2) is 4.68 Å². The molecule has 2 aromatic heterocycles. The number of carbonyl (C=O) groups excluding carboxylic acids is 1. The van der Waals surface area contributed by atoms with Crippen LogP contribution in [0.25, 0.3) is 11.4 Å². The van der Waals surface area contributed by atoms with Crippen molar-refractivity contribution in [1.29, 1.82) is 0 Å². The Morgan fingerprint density at radius 2 is 1.86 bits per heavy atom. The topological polar surface area (TPSA) is 77.0 Å². The average molecular weight is 391 g/mol. The number of rotatable bonds is 2. The minimum absolute atomic E-state index is 0.0158. The lowest BCUT2D eigenvalue weighted by atomic mass is 10.0. The summed E-state index contributed by atoms with van der Waals surface area (Å²) in [5, 5.41) is 7.63. The molecular weight excluding hydrogens is 375 g/mol. The highest BCUT2D eigenvalue weighted by atomic mass is 19.4. The first-order chi connectivity index (χ1) is 13.3. The minimum atomic E-state index is -4.70. The van der Waals surface area contributed by atoms with Gasteiger partial charge in [-0.05, 0) is 32.4 Å². The monoisotopic (exact) mass is 391 g/mol. The number of alkyl halides is 3. The van der Waals surface area contributed by atoms with Crippen LogP contribution in [0.1, 0.15) is 42.6 Å². The van der Waals surface area contributed by atoms with E-state index in [4.69, 9.17) is 0 Å². The van der Waals surface area contributed by atoms with Crippen LogP contribution in [0.4, 0.5) is 19.0 Å². The van der Waals surface area contributed by atoms with Crippen molar-refractivity contribution in [1.82, 2.24) is 19.9 Å². The average Bonchev–Trinajstić information content (AvgIpc) is 3.31. The highest BCUT2D eigenvalue weighted by Crippen LogP contribution is 2.33. The summed E-state index contributed by atoms with van der Waals surface area (Å²) in [5.41, 5.74) is 0.721. The lowest BCUT2D eigenvalue weighted by Gasteiger charge is -2.37. The highest BCUT2D eigenvalue weighted by molar-refractivity contribution is 6.06. The summed E-state index contributed by atoms with van der Waals surface area (Å²) in [7, 11) is 0.